The summed E-state index contributed by atoms with van der Waals surface area (Å²) in [5.41, 5.74) is 2.07. The van der Waals surface area contributed by atoms with Crippen molar-refractivity contribution in [3.05, 3.63) is 59.8 Å². The number of furan rings is 1. The highest BCUT2D eigenvalue weighted by Gasteiger charge is 2.29. The first-order valence-corrected chi connectivity index (χ1v) is 8.51. The van der Waals surface area contributed by atoms with Crippen molar-refractivity contribution in [3.8, 4) is 0 Å². The summed E-state index contributed by atoms with van der Waals surface area (Å²) in [6.07, 6.45) is 10.2. The van der Waals surface area contributed by atoms with Gasteiger partial charge in [-0.25, -0.2) is 4.98 Å². The number of dihydropyridines is 1. The van der Waals surface area contributed by atoms with E-state index in [0.29, 0.717) is 23.6 Å². The van der Waals surface area contributed by atoms with Crippen LogP contribution in [0.4, 0.5) is 5.82 Å². The summed E-state index contributed by atoms with van der Waals surface area (Å²) in [5, 5.41) is 5.59. The Bertz CT molecular complexity index is 882. The molecule has 4 rings (SSSR count). The summed E-state index contributed by atoms with van der Waals surface area (Å²) in [6, 6.07) is 5.07. The van der Waals surface area contributed by atoms with E-state index in [2.05, 4.69) is 20.6 Å². The summed E-state index contributed by atoms with van der Waals surface area (Å²) in [6.45, 7) is 0.617. The first-order valence-electron chi connectivity index (χ1n) is 8.51. The molecule has 7 nitrogen and oxygen atoms in total. The normalized spacial score (nSPS) is 18.9. The molecule has 2 aromatic rings. The lowest BCUT2D eigenvalue weighted by molar-refractivity contribution is -0.117. The minimum absolute atomic E-state index is 0.0415. The fourth-order valence-corrected chi connectivity index (χ4v) is 2.76. The maximum Gasteiger partial charge on any atom is 0.255 e. The smallest absolute Gasteiger partial charge is 0.255 e. The molecule has 2 aromatic heterocycles. The number of carbonyl (C=O) groups is 2. The van der Waals surface area contributed by atoms with Gasteiger partial charge < -0.3 is 15.1 Å². The van der Waals surface area contributed by atoms with Gasteiger partial charge in [-0.3, -0.25) is 14.6 Å². The zero-order valence-electron chi connectivity index (χ0n) is 14.0. The lowest BCUT2D eigenvalue weighted by Gasteiger charge is -2.15. The number of nitrogens with zero attached hydrogens (tertiary/aromatic N) is 2. The van der Waals surface area contributed by atoms with Crippen molar-refractivity contribution in [2.45, 2.75) is 18.8 Å². The van der Waals surface area contributed by atoms with E-state index in [1.165, 1.54) is 6.20 Å². The zero-order chi connectivity index (χ0) is 17.9. The second kappa shape index (κ2) is 6.95. The van der Waals surface area contributed by atoms with Crippen molar-refractivity contribution in [1.82, 2.24) is 10.3 Å². The number of allylic oxidation sites excluding steroid dienone is 1. The summed E-state index contributed by atoms with van der Waals surface area (Å²) in [7, 11) is 0. The molecule has 7 heteroatoms. The number of aromatic nitrogens is 1. The van der Waals surface area contributed by atoms with Gasteiger partial charge in [-0.1, -0.05) is 0 Å². The van der Waals surface area contributed by atoms with Gasteiger partial charge >= 0.3 is 0 Å². The Morgan fingerprint density at radius 1 is 1.19 bits per heavy atom. The molecule has 1 saturated carbocycles. The molecule has 2 N–H and O–H groups in total. The fraction of sp³-hybridized carbons (Fsp3) is 0.263. The number of aliphatic imine (C=N–C) groups is 1. The van der Waals surface area contributed by atoms with E-state index in [-0.39, 0.29) is 23.7 Å². The predicted molar refractivity (Wildman–Crippen MR) is 95.9 cm³/mol. The van der Waals surface area contributed by atoms with Crippen molar-refractivity contribution >= 4 is 23.8 Å². The van der Waals surface area contributed by atoms with E-state index in [1.54, 1.807) is 30.9 Å². The van der Waals surface area contributed by atoms with Gasteiger partial charge in [0, 0.05) is 36.4 Å². The minimum Gasteiger partial charge on any atom is -0.472 e. The first kappa shape index (κ1) is 16.3. The molecule has 1 aliphatic heterocycles. The van der Waals surface area contributed by atoms with Crippen LogP contribution in [0.25, 0.3) is 0 Å². The molecule has 0 aromatic carbocycles. The van der Waals surface area contributed by atoms with Crippen LogP contribution < -0.4 is 10.6 Å². The van der Waals surface area contributed by atoms with Crippen LogP contribution in [-0.2, 0) is 4.79 Å². The summed E-state index contributed by atoms with van der Waals surface area (Å²) in [4.78, 5) is 32.8. The predicted octanol–water partition coefficient (Wildman–Crippen LogP) is 2.51. The number of carbonyl (C=O) groups excluding carboxylic acids is 2. The van der Waals surface area contributed by atoms with E-state index in [4.69, 9.17) is 4.42 Å². The number of nitrogens with one attached hydrogen (secondary N) is 2. The van der Waals surface area contributed by atoms with Crippen molar-refractivity contribution in [3.63, 3.8) is 0 Å². The molecule has 0 radical (unpaired) electrons. The summed E-state index contributed by atoms with van der Waals surface area (Å²) >= 11 is 0. The van der Waals surface area contributed by atoms with Crippen LogP contribution in [-0.4, -0.2) is 29.6 Å². The van der Waals surface area contributed by atoms with Gasteiger partial charge in [0.2, 0.25) is 5.91 Å². The monoisotopic (exact) mass is 350 g/mol. The topological polar surface area (TPSA) is 96.6 Å². The van der Waals surface area contributed by atoms with Gasteiger partial charge in [0.15, 0.2) is 0 Å². The molecule has 132 valence electrons. The van der Waals surface area contributed by atoms with Crippen molar-refractivity contribution in [2.75, 3.05) is 11.9 Å². The third-order valence-electron chi connectivity index (χ3n) is 4.36. The van der Waals surface area contributed by atoms with E-state index in [0.717, 1.165) is 18.4 Å². The molecular weight excluding hydrogens is 332 g/mol. The molecule has 0 bridgehead atoms. The largest absolute Gasteiger partial charge is 0.472 e. The standard InChI is InChI=1S/C19H18N4O3/c24-18(12-1-2-12)23-17-8-13(3-5-21-17)19(25)22-16-7-15(9-20-10-16)14-4-6-26-11-14/h3-8,10-12,15H,1-2,9H2,(H,22,25)(H,21,23,24). The van der Waals surface area contributed by atoms with Gasteiger partial charge in [-0.15, -0.1) is 0 Å². The zero-order valence-corrected chi connectivity index (χ0v) is 14.0. The van der Waals surface area contributed by atoms with E-state index < -0.39 is 0 Å². The number of rotatable bonds is 5. The van der Waals surface area contributed by atoms with E-state index in [9.17, 15) is 9.59 Å². The number of pyridine rings is 1. The van der Waals surface area contributed by atoms with Crippen LogP contribution in [0.3, 0.4) is 0 Å². The van der Waals surface area contributed by atoms with Gasteiger partial charge in [-0.05, 0) is 42.7 Å². The highest BCUT2D eigenvalue weighted by molar-refractivity contribution is 6.00. The summed E-state index contributed by atoms with van der Waals surface area (Å²) < 4.78 is 5.11. The molecule has 1 fully saturated rings. The van der Waals surface area contributed by atoms with Crippen molar-refractivity contribution < 1.29 is 14.0 Å². The second-order valence-corrected chi connectivity index (χ2v) is 6.43. The third kappa shape index (κ3) is 3.72. The molecule has 26 heavy (non-hydrogen) atoms. The minimum atomic E-state index is -0.278. The van der Waals surface area contributed by atoms with Crippen LogP contribution in [0.15, 0.2) is 58.1 Å². The second-order valence-electron chi connectivity index (χ2n) is 6.43. The van der Waals surface area contributed by atoms with Crippen molar-refractivity contribution in [1.29, 1.82) is 0 Å². The lowest BCUT2D eigenvalue weighted by Crippen LogP contribution is -2.26. The highest BCUT2D eigenvalue weighted by atomic mass is 16.3. The molecule has 1 atom stereocenters. The lowest BCUT2D eigenvalue weighted by atomic mass is 9.99. The molecule has 1 unspecified atom stereocenters. The SMILES string of the molecule is O=C(NC1=CC(c2ccoc2)CN=C1)c1ccnc(NC(=O)C2CC2)c1. The average molecular weight is 350 g/mol. The van der Waals surface area contributed by atoms with Gasteiger partial charge in [-0.2, -0.15) is 0 Å². The van der Waals surface area contributed by atoms with Crippen LogP contribution in [0, 0.1) is 5.92 Å². The maximum absolute atomic E-state index is 12.5. The Hall–Kier alpha value is -3.22. The molecule has 2 aliphatic rings. The molecule has 0 spiro atoms. The highest BCUT2D eigenvalue weighted by Crippen LogP contribution is 2.30. The number of amides is 2. The van der Waals surface area contributed by atoms with Crippen LogP contribution in [0.1, 0.15) is 34.7 Å². The molecule has 2 amide bonds. The van der Waals surface area contributed by atoms with Crippen molar-refractivity contribution in [2.24, 2.45) is 10.9 Å². The van der Waals surface area contributed by atoms with Crippen LogP contribution in [0.2, 0.25) is 0 Å². The van der Waals surface area contributed by atoms with E-state index in [1.807, 2.05) is 12.1 Å². The third-order valence-corrected chi connectivity index (χ3v) is 4.36. The molecule has 1 aliphatic carbocycles. The Kier molecular flexibility index (Phi) is 4.35. The first-order chi connectivity index (χ1) is 12.7. The number of anilines is 1. The Morgan fingerprint density at radius 2 is 2.08 bits per heavy atom. The average Bonchev–Trinajstić information content (AvgIpc) is 3.37. The quantitative estimate of drug-likeness (QED) is 0.866. The number of hydrogen-bond donors (Lipinski definition) is 2. The van der Waals surface area contributed by atoms with Crippen LogP contribution in [0.5, 0.6) is 0 Å². The van der Waals surface area contributed by atoms with Gasteiger partial charge in [0.25, 0.3) is 5.91 Å². The van der Waals surface area contributed by atoms with Crippen LogP contribution >= 0.6 is 0 Å². The van der Waals surface area contributed by atoms with Gasteiger partial charge in [0.05, 0.1) is 18.2 Å². The fourth-order valence-electron chi connectivity index (χ4n) is 2.76. The summed E-state index contributed by atoms with van der Waals surface area (Å²) in [5.74, 6) is 0.217. The van der Waals surface area contributed by atoms with E-state index >= 15 is 0 Å². The maximum atomic E-state index is 12.5. The Balaban J connectivity index is 1.44. The molecule has 3 heterocycles. The number of hydrogen-bond acceptors (Lipinski definition) is 5. The Morgan fingerprint density at radius 3 is 2.85 bits per heavy atom. The molecule has 0 saturated heterocycles. The Labute approximate surface area is 150 Å². The molecular formula is C19H18N4O3. The van der Waals surface area contributed by atoms with Gasteiger partial charge in [0.1, 0.15) is 5.82 Å².